The fourth-order valence-corrected chi connectivity index (χ4v) is 3.54. The van der Waals surface area contributed by atoms with Gasteiger partial charge in [0.05, 0.1) is 18.8 Å². The Hall–Kier alpha value is -2.37. The predicted octanol–water partition coefficient (Wildman–Crippen LogP) is 4.59. The highest BCUT2D eigenvalue weighted by molar-refractivity contribution is 7.09. The van der Waals surface area contributed by atoms with Crippen LogP contribution in [0.15, 0.2) is 47.9 Å². The summed E-state index contributed by atoms with van der Waals surface area (Å²) in [5.41, 5.74) is 3.87. The maximum absolute atomic E-state index is 12.0. The monoisotopic (exact) mass is 385 g/mol. The molecule has 2 heterocycles. The maximum atomic E-state index is 12.0. The average molecular weight is 386 g/mol. The zero-order chi connectivity index (χ0) is 18.5. The minimum atomic E-state index is -0.115. The van der Waals surface area contributed by atoms with E-state index in [0.717, 1.165) is 32.4 Å². The summed E-state index contributed by atoms with van der Waals surface area (Å²) in [6.45, 7) is 5.09. The number of carbonyl (C=O) groups excluding carboxylic acids is 1. The van der Waals surface area contributed by atoms with Crippen LogP contribution >= 0.6 is 22.9 Å². The van der Waals surface area contributed by atoms with E-state index in [0.29, 0.717) is 13.1 Å². The van der Waals surface area contributed by atoms with Gasteiger partial charge in [-0.15, -0.1) is 11.3 Å². The summed E-state index contributed by atoms with van der Waals surface area (Å²) in [5.74, 6) is -0.115. The van der Waals surface area contributed by atoms with Crippen LogP contribution < -0.4 is 5.32 Å². The standard InChI is InChI=1S/C20H20ClN3OS/c1-14-18(9-10-20(25)22-12-17-7-5-11-26-17)15(2)24(23-14)13-16-6-3-4-8-19(16)21/h3-11H,12-13H2,1-2H3,(H,22,25)/b10-9+. The van der Waals surface area contributed by atoms with Crippen LogP contribution in [0.5, 0.6) is 0 Å². The molecule has 6 heteroatoms. The molecule has 0 spiro atoms. The van der Waals surface area contributed by atoms with Crippen LogP contribution in [-0.2, 0) is 17.9 Å². The molecule has 0 fully saturated rings. The zero-order valence-electron chi connectivity index (χ0n) is 14.7. The lowest BCUT2D eigenvalue weighted by Crippen LogP contribution is -2.19. The third kappa shape index (κ3) is 4.42. The molecule has 26 heavy (non-hydrogen) atoms. The minimum Gasteiger partial charge on any atom is -0.348 e. The largest absolute Gasteiger partial charge is 0.348 e. The van der Waals surface area contributed by atoms with Crippen molar-refractivity contribution in [2.24, 2.45) is 0 Å². The van der Waals surface area contributed by atoms with Crippen molar-refractivity contribution in [3.63, 3.8) is 0 Å². The molecule has 1 N–H and O–H groups in total. The van der Waals surface area contributed by atoms with Crippen molar-refractivity contribution in [1.29, 1.82) is 0 Å². The Bertz CT molecular complexity index is 929. The van der Waals surface area contributed by atoms with Gasteiger partial charge in [-0.2, -0.15) is 5.10 Å². The van der Waals surface area contributed by atoms with Crippen molar-refractivity contribution in [2.75, 3.05) is 0 Å². The van der Waals surface area contributed by atoms with Crippen molar-refractivity contribution in [2.45, 2.75) is 26.9 Å². The first-order chi connectivity index (χ1) is 12.5. The third-order valence-electron chi connectivity index (χ3n) is 4.13. The Morgan fingerprint density at radius 2 is 2.08 bits per heavy atom. The lowest BCUT2D eigenvalue weighted by atomic mass is 10.1. The summed E-state index contributed by atoms with van der Waals surface area (Å²) in [5, 5.41) is 10.2. The highest BCUT2D eigenvalue weighted by Gasteiger charge is 2.11. The van der Waals surface area contributed by atoms with Crippen molar-refractivity contribution >= 4 is 34.9 Å². The normalized spacial score (nSPS) is 11.2. The number of nitrogens with one attached hydrogen (secondary N) is 1. The number of aromatic nitrogens is 2. The van der Waals surface area contributed by atoms with Crippen LogP contribution in [0.2, 0.25) is 5.02 Å². The van der Waals surface area contributed by atoms with Crippen LogP contribution in [-0.4, -0.2) is 15.7 Å². The second-order valence-electron chi connectivity index (χ2n) is 5.96. The molecule has 1 aromatic carbocycles. The Morgan fingerprint density at radius 1 is 1.27 bits per heavy atom. The topological polar surface area (TPSA) is 46.9 Å². The number of nitrogens with zero attached hydrogens (tertiary/aromatic N) is 2. The lowest BCUT2D eigenvalue weighted by molar-refractivity contribution is -0.116. The van der Waals surface area contributed by atoms with E-state index in [4.69, 9.17) is 11.6 Å². The summed E-state index contributed by atoms with van der Waals surface area (Å²) in [6.07, 6.45) is 3.38. The number of amides is 1. The molecule has 0 saturated heterocycles. The van der Waals surface area contributed by atoms with Gasteiger partial charge in [-0.25, -0.2) is 0 Å². The van der Waals surface area contributed by atoms with Crippen molar-refractivity contribution in [3.8, 4) is 0 Å². The molecule has 1 amide bonds. The van der Waals surface area contributed by atoms with Gasteiger partial charge in [-0.05, 0) is 43.0 Å². The van der Waals surface area contributed by atoms with Crippen molar-refractivity contribution < 1.29 is 4.79 Å². The molecule has 0 aliphatic heterocycles. The van der Waals surface area contributed by atoms with E-state index in [9.17, 15) is 4.79 Å². The quantitative estimate of drug-likeness (QED) is 0.630. The molecule has 2 aromatic heterocycles. The molecule has 134 valence electrons. The first kappa shape index (κ1) is 18.4. The number of thiophene rings is 1. The van der Waals surface area contributed by atoms with Crippen LogP contribution in [0.25, 0.3) is 6.08 Å². The number of rotatable bonds is 6. The van der Waals surface area contributed by atoms with Gasteiger partial charge in [0.1, 0.15) is 0 Å². The first-order valence-electron chi connectivity index (χ1n) is 8.30. The molecule has 0 unspecified atom stereocenters. The fourth-order valence-electron chi connectivity index (χ4n) is 2.70. The summed E-state index contributed by atoms with van der Waals surface area (Å²) in [4.78, 5) is 13.2. The van der Waals surface area contributed by atoms with Gasteiger partial charge < -0.3 is 5.32 Å². The second-order valence-corrected chi connectivity index (χ2v) is 7.40. The van der Waals surface area contributed by atoms with Crippen LogP contribution in [0.1, 0.15) is 27.4 Å². The number of hydrogen-bond donors (Lipinski definition) is 1. The van der Waals surface area contributed by atoms with Crippen LogP contribution in [0.3, 0.4) is 0 Å². The van der Waals surface area contributed by atoms with Gasteiger partial charge in [0.15, 0.2) is 0 Å². The number of benzene rings is 1. The number of aryl methyl sites for hydroxylation is 1. The van der Waals surface area contributed by atoms with E-state index in [-0.39, 0.29) is 5.91 Å². The van der Waals surface area contributed by atoms with Crippen LogP contribution in [0.4, 0.5) is 0 Å². The molecule has 0 radical (unpaired) electrons. The molecule has 0 aliphatic carbocycles. The van der Waals surface area contributed by atoms with Crippen molar-refractivity contribution in [3.05, 3.63) is 80.3 Å². The molecule has 4 nitrogen and oxygen atoms in total. The highest BCUT2D eigenvalue weighted by atomic mass is 35.5. The molecule has 3 aromatic rings. The van der Waals surface area contributed by atoms with Gasteiger partial charge in [-0.3, -0.25) is 9.48 Å². The number of hydrogen-bond acceptors (Lipinski definition) is 3. The number of halogens is 1. The van der Waals surface area contributed by atoms with E-state index in [2.05, 4.69) is 10.4 Å². The fraction of sp³-hybridized carbons (Fsp3) is 0.200. The summed E-state index contributed by atoms with van der Waals surface area (Å²) in [6, 6.07) is 11.7. The lowest BCUT2D eigenvalue weighted by Gasteiger charge is -2.06. The average Bonchev–Trinajstić information content (AvgIpc) is 3.23. The third-order valence-corrected chi connectivity index (χ3v) is 5.38. The van der Waals surface area contributed by atoms with Gasteiger partial charge >= 0.3 is 0 Å². The van der Waals surface area contributed by atoms with Crippen molar-refractivity contribution in [1.82, 2.24) is 15.1 Å². The predicted molar refractivity (Wildman–Crippen MR) is 107 cm³/mol. The van der Waals surface area contributed by atoms with Gasteiger partial charge in [0, 0.05) is 27.2 Å². The molecule has 0 atom stereocenters. The van der Waals surface area contributed by atoms with E-state index in [1.165, 1.54) is 0 Å². The van der Waals surface area contributed by atoms with E-state index < -0.39 is 0 Å². The smallest absolute Gasteiger partial charge is 0.244 e. The first-order valence-corrected chi connectivity index (χ1v) is 9.56. The summed E-state index contributed by atoms with van der Waals surface area (Å²) < 4.78 is 1.92. The maximum Gasteiger partial charge on any atom is 0.244 e. The van der Waals surface area contributed by atoms with E-state index in [1.807, 2.05) is 66.4 Å². The van der Waals surface area contributed by atoms with E-state index >= 15 is 0 Å². The van der Waals surface area contributed by atoms with Crippen LogP contribution in [0, 0.1) is 13.8 Å². The SMILES string of the molecule is Cc1nn(Cc2ccccc2Cl)c(C)c1/C=C/C(=O)NCc1cccs1. The number of carbonyl (C=O) groups is 1. The Morgan fingerprint density at radius 3 is 2.81 bits per heavy atom. The second kappa shape index (κ2) is 8.34. The molecule has 0 bridgehead atoms. The Labute approximate surface area is 162 Å². The summed E-state index contributed by atoms with van der Waals surface area (Å²) in [7, 11) is 0. The van der Waals surface area contributed by atoms with E-state index in [1.54, 1.807) is 17.4 Å². The minimum absolute atomic E-state index is 0.115. The Kier molecular flexibility index (Phi) is 5.91. The molecular formula is C20H20ClN3OS. The molecule has 0 saturated carbocycles. The summed E-state index contributed by atoms with van der Waals surface area (Å²) >= 11 is 7.87. The van der Waals surface area contributed by atoms with Gasteiger partial charge in [0.25, 0.3) is 0 Å². The highest BCUT2D eigenvalue weighted by Crippen LogP contribution is 2.20. The molecule has 3 rings (SSSR count). The van der Waals surface area contributed by atoms with Gasteiger partial charge in [0.2, 0.25) is 5.91 Å². The zero-order valence-corrected chi connectivity index (χ0v) is 16.3. The molecule has 0 aliphatic rings. The molecular weight excluding hydrogens is 366 g/mol. The Balaban J connectivity index is 1.69. The van der Waals surface area contributed by atoms with Gasteiger partial charge in [-0.1, -0.05) is 35.9 Å².